The van der Waals surface area contributed by atoms with Crippen LogP contribution >= 0.6 is 12.4 Å². The molecule has 27 heavy (non-hydrogen) atoms. The van der Waals surface area contributed by atoms with Crippen molar-refractivity contribution in [1.82, 2.24) is 10.2 Å². The molecular formula is C20H25ClN2O3S. The second kappa shape index (κ2) is 8.87. The number of halogens is 1. The molecule has 1 fully saturated rings. The van der Waals surface area contributed by atoms with Crippen LogP contribution in [0.5, 0.6) is 0 Å². The molecule has 1 N–H and O–H groups in total. The largest absolute Gasteiger partial charge is 0.333 e. The fraction of sp³-hybridized carbons (Fsp3) is 0.350. The minimum absolute atomic E-state index is 0. The van der Waals surface area contributed by atoms with Crippen molar-refractivity contribution >= 4 is 28.2 Å². The van der Waals surface area contributed by atoms with Crippen molar-refractivity contribution in [3.05, 3.63) is 65.2 Å². The van der Waals surface area contributed by atoms with Crippen molar-refractivity contribution in [2.75, 3.05) is 19.6 Å². The van der Waals surface area contributed by atoms with E-state index in [-0.39, 0.29) is 30.1 Å². The molecule has 0 radical (unpaired) electrons. The zero-order valence-electron chi connectivity index (χ0n) is 15.5. The molecule has 0 saturated carbocycles. The normalized spacial score (nSPS) is 17.3. The maximum Gasteiger partial charge on any atom is 0.254 e. The van der Waals surface area contributed by atoms with E-state index in [9.17, 15) is 13.2 Å². The van der Waals surface area contributed by atoms with Crippen LogP contribution in [0.25, 0.3) is 0 Å². The summed E-state index contributed by atoms with van der Waals surface area (Å²) in [5.74, 6) is -0.0823. The maximum absolute atomic E-state index is 12.6. The molecule has 0 aliphatic carbocycles. The third-order valence-corrected chi connectivity index (χ3v) is 6.40. The summed E-state index contributed by atoms with van der Waals surface area (Å²) in [5, 5.41) is 3.26. The lowest BCUT2D eigenvalue weighted by atomic mass is 10.1. The van der Waals surface area contributed by atoms with Crippen molar-refractivity contribution < 1.29 is 13.2 Å². The van der Waals surface area contributed by atoms with Gasteiger partial charge in [0, 0.05) is 31.2 Å². The van der Waals surface area contributed by atoms with Gasteiger partial charge in [-0.3, -0.25) is 4.79 Å². The van der Waals surface area contributed by atoms with Gasteiger partial charge in [0.1, 0.15) is 0 Å². The lowest BCUT2D eigenvalue weighted by Gasteiger charge is -2.34. The Balaban J connectivity index is 0.00000261. The highest BCUT2D eigenvalue weighted by molar-refractivity contribution is 7.90. The summed E-state index contributed by atoms with van der Waals surface area (Å²) < 4.78 is 25.1. The monoisotopic (exact) mass is 408 g/mol. The first kappa shape index (κ1) is 21.4. The van der Waals surface area contributed by atoms with Gasteiger partial charge >= 0.3 is 0 Å². The topological polar surface area (TPSA) is 66.5 Å². The Hall–Kier alpha value is -1.89. The molecule has 3 rings (SSSR count). The molecule has 1 aliphatic heterocycles. The summed E-state index contributed by atoms with van der Waals surface area (Å²) in [4.78, 5) is 14.8. The van der Waals surface area contributed by atoms with E-state index in [4.69, 9.17) is 0 Å². The molecule has 1 heterocycles. The van der Waals surface area contributed by atoms with Gasteiger partial charge in [-0.05, 0) is 43.7 Å². The van der Waals surface area contributed by atoms with Gasteiger partial charge in [0.15, 0.2) is 9.84 Å². The Labute approximate surface area is 167 Å². The molecule has 1 aliphatic rings. The Morgan fingerprint density at radius 1 is 1.11 bits per heavy atom. The fourth-order valence-corrected chi connectivity index (χ4v) is 4.45. The zero-order valence-corrected chi connectivity index (χ0v) is 17.1. The number of rotatable bonds is 4. The number of sulfone groups is 1. The highest BCUT2D eigenvalue weighted by atomic mass is 35.5. The van der Waals surface area contributed by atoms with Gasteiger partial charge in [0.25, 0.3) is 5.91 Å². The molecule has 5 nitrogen and oxygen atoms in total. The van der Waals surface area contributed by atoms with E-state index >= 15 is 0 Å². The van der Waals surface area contributed by atoms with Crippen molar-refractivity contribution in [2.45, 2.75) is 30.5 Å². The molecule has 2 aromatic carbocycles. The summed E-state index contributed by atoms with van der Waals surface area (Å²) in [6.45, 7) is 6.21. The molecule has 0 spiro atoms. The first-order chi connectivity index (χ1) is 12.4. The first-order valence-electron chi connectivity index (χ1n) is 8.77. The van der Waals surface area contributed by atoms with Gasteiger partial charge in [-0.1, -0.05) is 29.8 Å². The summed E-state index contributed by atoms with van der Waals surface area (Å²) in [6.07, 6.45) is 0. The molecule has 1 amide bonds. The second-order valence-corrected chi connectivity index (χ2v) is 8.81. The zero-order chi connectivity index (χ0) is 18.7. The Bertz CT molecular complexity index is 880. The molecule has 1 atom stereocenters. The van der Waals surface area contributed by atoms with Gasteiger partial charge in [0.2, 0.25) is 0 Å². The molecule has 1 saturated heterocycles. The lowest BCUT2D eigenvalue weighted by Crippen LogP contribution is -2.52. The summed E-state index contributed by atoms with van der Waals surface area (Å²) in [7, 11) is -3.40. The van der Waals surface area contributed by atoms with Crippen LogP contribution in [-0.4, -0.2) is 44.9 Å². The van der Waals surface area contributed by atoms with Gasteiger partial charge in [-0.25, -0.2) is 8.42 Å². The number of nitrogens with zero attached hydrogens (tertiary/aromatic N) is 1. The summed E-state index contributed by atoms with van der Waals surface area (Å²) in [5.41, 5.74) is 2.29. The van der Waals surface area contributed by atoms with Crippen LogP contribution in [0.4, 0.5) is 0 Å². The standard InChI is InChI=1S/C20H24N2O3S.ClH/c1-15-3-9-19(10-4-15)26(24,25)14-17-5-7-18(8-6-17)20(23)22-12-11-21-13-16(22)2;/h3-10,16,21H,11-14H2,1-2H3;1H/t16-;/m0./s1. The van der Waals surface area contributed by atoms with E-state index in [0.29, 0.717) is 22.6 Å². The van der Waals surface area contributed by atoms with Crippen LogP contribution in [0.15, 0.2) is 53.4 Å². The predicted octanol–water partition coefficient (Wildman–Crippen LogP) is 2.82. The van der Waals surface area contributed by atoms with Crippen LogP contribution in [0.1, 0.15) is 28.4 Å². The van der Waals surface area contributed by atoms with Gasteiger partial charge < -0.3 is 10.2 Å². The number of amides is 1. The van der Waals surface area contributed by atoms with Crippen LogP contribution in [-0.2, 0) is 15.6 Å². The first-order valence-corrected chi connectivity index (χ1v) is 10.4. The highest BCUT2D eigenvalue weighted by Gasteiger charge is 2.24. The molecule has 7 heteroatoms. The molecule has 2 aromatic rings. The molecule has 146 valence electrons. The van der Waals surface area contributed by atoms with Gasteiger partial charge in [0.05, 0.1) is 10.6 Å². The average molecular weight is 409 g/mol. The number of hydrogen-bond donors (Lipinski definition) is 1. The molecule has 0 bridgehead atoms. The number of nitrogens with one attached hydrogen (secondary N) is 1. The Kier molecular flexibility index (Phi) is 7.03. The Morgan fingerprint density at radius 3 is 2.33 bits per heavy atom. The van der Waals surface area contributed by atoms with E-state index in [0.717, 1.165) is 18.7 Å². The highest BCUT2D eigenvalue weighted by Crippen LogP contribution is 2.18. The minimum atomic E-state index is -3.40. The van der Waals surface area contributed by atoms with Crippen molar-refractivity contribution in [1.29, 1.82) is 0 Å². The number of aryl methyl sites for hydroxylation is 1. The van der Waals surface area contributed by atoms with E-state index in [2.05, 4.69) is 5.32 Å². The van der Waals surface area contributed by atoms with Crippen LogP contribution in [0, 0.1) is 6.92 Å². The average Bonchev–Trinajstić information content (AvgIpc) is 2.62. The number of benzene rings is 2. The van der Waals surface area contributed by atoms with Crippen molar-refractivity contribution in [3.63, 3.8) is 0 Å². The third kappa shape index (κ3) is 5.09. The molecule has 0 unspecified atom stereocenters. The quantitative estimate of drug-likeness (QED) is 0.844. The van der Waals surface area contributed by atoms with Gasteiger partial charge in [-0.2, -0.15) is 0 Å². The number of carbonyl (C=O) groups excluding carboxylic acids is 1. The number of hydrogen-bond acceptors (Lipinski definition) is 4. The van der Waals surface area contributed by atoms with Gasteiger partial charge in [-0.15, -0.1) is 12.4 Å². The van der Waals surface area contributed by atoms with E-state index in [1.54, 1.807) is 48.5 Å². The summed E-state index contributed by atoms with van der Waals surface area (Å²) >= 11 is 0. The Morgan fingerprint density at radius 2 is 1.74 bits per heavy atom. The van der Waals surface area contributed by atoms with Crippen molar-refractivity contribution in [3.8, 4) is 0 Å². The van der Waals surface area contributed by atoms with Crippen LogP contribution in [0.3, 0.4) is 0 Å². The second-order valence-electron chi connectivity index (χ2n) is 6.82. The SMILES string of the molecule is Cc1ccc(S(=O)(=O)Cc2ccc(C(=O)N3CCNC[C@@H]3C)cc2)cc1.Cl. The number of piperazine rings is 1. The summed E-state index contributed by atoms with van der Waals surface area (Å²) in [6, 6.07) is 13.9. The fourth-order valence-electron chi connectivity index (χ4n) is 3.10. The van der Waals surface area contributed by atoms with Crippen LogP contribution in [0.2, 0.25) is 0 Å². The van der Waals surface area contributed by atoms with E-state index < -0.39 is 9.84 Å². The number of carbonyl (C=O) groups is 1. The third-order valence-electron chi connectivity index (χ3n) is 4.70. The molecular weight excluding hydrogens is 384 g/mol. The van der Waals surface area contributed by atoms with Crippen molar-refractivity contribution in [2.24, 2.45) is 0 Å². The minimum Gasteiger partial charge on any atom is -0.333 e. The van der Waals surface area contributed by atoms with E-state index in [1.807, 2.05) is 18.7 Å². The molecule has 0 aromatic heterocycles. The predicted molar refractivity (Wildman–Crippen MR) is 109 cm³/mol. The van der Waals surface area contributed by atoms with E-state index in [1.165, 1.54) is 0 Å². The smallest absolute Gasteiger partial charge is 0.254 e. The maximum atomic E-state index is 12.6. The lowest BCUT2D eigenvalue weighted by molar-refractivity contribution is 0.0656. The van der Waals surface area contributed by atoms with Crippen LogP contribution < -0.4 is 5.32 Å².